The molecule has 1 amide bonds. The van der Waals surface area contributed by atoms with Crippen molar-refractivity contribution < 1.29 is 4.79 Å². The highest BCUT2D eigenvalue weighted by molar-refractivity contribution is 7.18. The highest BCUT2D eigenvalue weighted by atomic mass is 32.1. The number of carbonyl (C=O) groups is 1. The van der Waals surface area contributed by atoms with Gasteiger partial charge in [0.25, 0.3) is 5.56 Å². The van der Waals surface area contributed by atoms with Crippen molar-refractivity contribution in [2.75, 3.05) is 0 Å². The third kappa shape index (κ3) is 3.99. The van der Waals surface area contributed by atoms with Crippen molar-refractivity contribution in [3.05, 3.63) is 61.1 Å². The van der Waals surface area contributed by atoms with E-state index in [-0.39, 0.29) is 24.1 Å². The lowest BCUT2D eigenvalue weighted by atomic mass is 9.97. The van der Waals surface area contributed by atoms with E-state index in [0.29, 0.717) is 15.9 Å². The third-order valence-corrected chi connectivity index (χ3v) is 7.48. The lowest BCUT2D eigenvalue weighted by Gasteiger charge is -2.15. The Morgan fingerprint density at radius 3 is 2.52 bits per heavy atom. The Balaban J connectivity index is 1.94. The van der Waals surface area contributed by atoms with E-state index in [1.807, 2.05) is 38.1 Å². The Bertz CT molecular complexity index is 1230. The van der Waals surface area contributed by atoms with E-state index < -0.39 is 5.69 Å². The van der Waals surface area contributed by atoms with Gasteiger partial charge >= 0.3 is 5.69 Å². The number of aryl methyl sites for hydroxylation is 3. The summed E-state index contributed by atoms with van der Waals surface area (Å²) in [6.45, 7) is 5.92. The van der Waals surface area contributed by atoms with Gasteiger partial charge < -0.3 is 5.32 Å². The average molecular weight is 440 g/mol. The number of thiophene rings is 1. The van der Waals surface area contributed by atoms with Gasteiger partial charge in [-0.2, -0.15) is 0 Å². The molecule has 2 heterocycles. The Morgan fingerprint density at radius 1 is 1.13 bits per heavy atom. The van der Waals surface area contributed by atoms with Gasteiger partial charge in [-0.15, -0.1) is 11.3 Å². The van der Waals surface area contributed by atoms with E-state index in [2.05, 4.69) is 12.2 Å². The lowest BCUT2D eigenvalue weighted by molar-refractivity contribution is -0.122. The summed E-state index contributed by atoms with van der Waals surface area (Å²) in [6.07, 6.45) is 5.59. The minimum Gasteiger partial charge on any atom is -0.352 e. The van der Waals surface area contributed by atoms with Crippen LogP contribution in [0.15, 0.2) is 33.9 Å². The first-order valence-corrected chi connectivity index (χ1v) is 11.9. The summed E-state index contributed by atoms with van der Waals surface area (Å²) in [5, 5.41) is 3.55. The Labute approximate surface area is 185 Å². The molecule has 0 saturated carbocycles. The predicted octanol–water partition coefficient (Wildman–Crippen LogP) is 3.57. The predicted molar refractivity (Wildman–Crippen MR) is 126 cm³/mol. The second kappa shape index (κ2) is 8.83. The lowest BCUT2D eigenvalue weighted by Crippen LogP contribution is -2.42. The molecule has 1 aromatic carbocycles. The summed E-state index contributed by atoms with van der Waals surface area (Å²) in [6, 6.07) is 7.54. The van der Waals surface area contributed by atoms with E-state index in [1.165, 1.54) is 25.3 Å². The van der Waals surface area contributed by atoms with Crippen molar-refractivity contribution in [2.45, 2.75) is 71.9 Å². The molecular weight excluding hydrogens is 410 g/mol. The van der Waals surface area contributed by atoms with Crippen LogP contribution >= 0.6 is 11.3 Å². The van der Waals surface area contributed by atoms with Crippen molar-refractivity contribution in [1.82, 2.24) is 14.5 Å². The monoisotopic (exact) mass is 439 g/mol. The van der Waals surface area contributed by atoms with Gasteiger partial charge in [0.15, 0.2) is 0 Å². The topological polar surface area (TPSA) is 73.1 Å². The highest BCUT2D eigenvalue weighted by Crippen LogP contribution is 2.34. The minimum atomic E-state index is -0.459. The number of rotatable bonds is 6. The molecule has 0 unspecified atom stereocenters. The first-order valence-electron chi connectivity index (χ1n) is 11.1. The van der Waals surface area contributed by atoms with E-state index in [0.717, 1.165) is 49.7 Å². The average Bonchev–Trinajstić information content (AvgIpc) is 3.17. The molecule has 164 valence electrons. The van der Waals surface area contributed by atoms with Crippen LogP contribution in [0.5, 0.6) is 0 Å². The quantitative estimate of drug-likeness (QED) is 0.638. The first kappa shape index (κ1) is 21.6. The Kier molecular flexibility index (Phi) is 6.14. The molecule has 1 atom stereocenters. The molecule has 4 rings (SSSR count). The van der Waals surface area contributed by atoms with Crippen LogP contribution in [-0.2, 0) is 30.6 Å². The number of nitrogens with zero attached hydrogens (tertiary/aromatic N) is 2. The molecule has 0 radical (unpaired) electrons. The molecule has 6 nitrogen and oxygen atoms in total. The number of hydrogen-bond donors (Lipinski definition) is 1. The molecule has 1 aliphatic carbocycles. The molecule has 2 aromatic heterocycles. The van der Waals surface area contributed by atoms with Gasteiger partial charge in [-0.05, 0) is 68.7 Å². The van der Waals surface area contributed by atoms with Gasteiger partial charge in [-0.3, -0.25) is 14.2 Å². The number of nitrogens with one attached hydrogen (secondary N) is 1. The molecule has 0 fully saturated rings. The highest BCUT2D eigenvalue weighted by Gasteiger charge is 2.25. The number of aromatic nitrogens is 2. The standard InChI is InChI=1S/C24H29N3O3S/c1-4-15(3)25-20(28)14-26-23-21(18-8-6-7-9-19(18)31-23)22(29)27(24(26)30)17-12-10-16(5-2)11-13-17/h10-13,15H,4-9,14H2,1-3H3,(H,25,28)/t15-/m0/s1. The van der Waals surface area contributed by atoms with E-state index in [4.69, 9.17) is 0 Å². The molecule has 0 saturated heterocycles. The van der Waals surface area contributed by atoms with E-state index in [1.54, 1.807) is 0 Å². The van der Waals surface area contributed by atoms with Crippen LogP contribution in [0.3, 0.4) is 0 Å². The van der Waals surface area contributed by atoms with Crippen LogP contribution in [0.1, 0.15) is 56.0 Å². The van der Waals surface area contributed by atoms with Gasteiger partial charge in [0.1, 0.15) is 11.4 Å². The summed E-state index contributed by atoms with van der Waals surface area (Å²) in [4.78, 5) is 41.6. The van der Waals surface area contributed by atoms with Crippen LogP contribution in [0.2, 0.25) is 0 Å². The van der Waals surface area contributed by atoms with Gasteiger partial charge in [0.2, 0.25) is 5.91 Å². The summed E-state index contributed by atoms with van der Waals surface area (Å²) in [7, 11) is 0. The number of hydrogen-bond acceptors (Lipinski definition) is 4. The molecule has 1 aliphatic rings. The second-order valence-electron chi connectivity index (χ2n) is 8.30. The summed E-state index contributed by atoms with van der Waals surface area (Å²) >= 11 is 1.50. The summed E-state index contributed by atoms with van der Waals surface area (Å²) < 4.78 is 2.73. The van der Waals surface area contributed by atoms with Gasteiger partial charge in [-0.1, -0.05) is 26.0 Å². The maximum Gasteiger partial charge on any atom is 0.337 e. The van der Waals surface area contributed by atoms with Crippen LogP contribution in [0.25, 0.3) is 15.9 Å². The molecular formula is C24H29N3O3S. The van der Waals surface area contributed by atoms with Gasteiger partial charge in [-0.25, -0.2) is 9.36 Å². The molecule has 31 heavy (non-hydrogen) atoms. The molecule has 7 heteroatoms. The fourth-order valence-corrected chi connectivity index (χ4v) is 5.55. The van der Waals surface area contributed by atoms with Crippen molar-refractivity contribution in [2.24, 2.45) is 0 Å². The zero-order valence-corrected chi connectivity index (χ0v) is 19.2. The maximum absolute atomic E-state index is 13.6. The Hall–Kier alpha value is -2.67. The largest absolute Gasteiger partial charge is 0.352 e. The van der Waals surface area contributed by atoms with Crippen molar-refractivity contribution in [1.29, 1.82) is 0 Å². The van der Waals surface area contributed by atoms with Gasteiger partial charge in [0.05, 0.1) is 11.1 Å². The zero-order chi connectivity index (χ0) is 22.1. The first-order chi connectivity index (χ1) is 14.9. The van der Waals surface area contributed by atoms with Crippen molar-refractivity contribution in [3.8, 4) is 5.69 Å². The van der Waals surface area contributed by atoms with Gasteiger partial charge in [0, 0.05) is 10.9 Å². The molecule has 1 N–H and O–H groups in total. The van der Waals surface area contributed by atoms with Crippen LogP contribution < -0.4 is 16.6 Å². The SMILES string of the molecule is CCc1ccc(-n2c(=O)c3c4c(sc3n(CC(=O)N[C@@H](C)CC)c2=O)CCCC4)cc1. The number of carbonyl (C=O) groups excluding carboxylic acids is 1. The fourth-order valence-electron chi connectivity index (χ4n) is 4.18. The molecule has 0 bridgehead atoms. The summed E-state index contributed by atoms with van der Waals surface area (Å²) in [5.41, 5.74) is 2.01. The molecule has 0 spiro atoms. The second-order valence-corrected chi connectivity index (χ2v) is 9.38. The fraction of sp³-hybridized carbons (Fsp3) is 0.458. The molecule has 0 aliphatic heterocycles. The third-order valence-electron chi connectivity index (χ3n) is 6.16. The van der Waals surface area contributed by atoms with Crippen LogP contribution in [-0.4, -0.2) is 21.1 Å². The normalized spacial score (nSPS) is 14.4. The smallest absolute Gasteiger partial charge is 0.337 e. The minimum absolute atomic E-state index is 0.0303. The van der Waals surface area contributed by atoms with Crippen LogP contribution in [0.4, 0.5) is 0 Å². The van der Waals surface area contributed by atoms with Crippen molar-refractivity contribution >= 4 is 27.5 Å². The zero-order valence-electron chi connectivity index (χ0n) is 18.4. The van der Waals surface area contributed by atoms with Crippen molar-refractivity contribution in [3.63, 3.8) is 0 Å². The van der Waals surface area contributed by atoms with Crippen LogP contribution in [0, 0.1) is 0 Å². The number of benzene rings is 1. The molecule has 3 aromatic rings. The number of amides is 1. The Morgan fingerprint density at radius 2 is 1.84 bits per heavy atom. The summed E-state index contributed by atoms with van der Waals surface area (Å²) in [5.74, 6) is -0.212. The maximum atomic E-state index is 13.6. The van der Waals surface area contributed by atoms with E-state index in [9.17, 15) is 14.4 Å². The van der Waals surface area contributed by atoms with E-state index >= 15 is 0 Å². The number of fused-ring (bicyclic) bond motifs is 3.